The van der Waals surface area contributed by atoms with E-state index in [4.69, 9.17) is 0 Å². The second kappa shape index (κ2) is 8.81. The van der Waals surface area contributed by atoms with E-state index in [2.05, 4.69) is 65.5 Å². The van der Waals surface area contributed by atoms with Crippen LogP contribution in [0.1, 0.15) is 54.1 Å². The van der Waals surface area contributed by atoms with Crippen LogP contribution in [0, 0.1) is 5.92 Å². The van der Waals surface area contributed by atoms with Crippen LogP contribution < -0.4 is 5.32 Å². The lowest BCUT2D eigenvalue weighted by atomic mass is 10.0. The van der Waals surface area contributed by atoms with E-state index in [-0.39, 0.29) is 11.9 Å². The van der Waals surface area contributed by atoms with Crippen LogP contribution in [-0.4, -0.2) is 41.6 Å². The summed E-state index contributed by atoms with van der Waals surface area (Å²) in [4.78, 5) is 14.5. The number of carbonyl (C=O) groups excluding carboxylic acids is 1. The zero-order valence-corrected chi connectivity index (χ0v) is 16.0. The Hall–Kier alpha value is -2.14. The molecule has 1 aromatic carbocycles. The molecule has 0 saturated heterocycles. The summed E-state index contributed by atoms with van der Waals surface area (Å²) in [6, 6.07) is 10.6. The molecule has 0 fully saturated rings. The van der Waals surface area contributed by atoms with Gasteiger partial charge in [0.1, 0.15) is 5.69 Å². The summed E-state index contributed by atoms with van der Waals surface area (Å²) in [6.45, 7) is 6.98. The predicted molar refractivity (Wildman–Crippen MR) is 102 cm³/mol. The van der Waals surface area contributed by atoms with Crippen LogP contribution >= 0.6 is 0 Å². The molecule has 1 unspecified atom stereocenters. The van der Waals surface area contributed by atoms with Gasteiger partial charge in [-0.2, -0.15) is 5.10 Å². The van der Waals surface area contributed by atoms with Crippen LogP contribution in [0.2, 0.25) is 0 Å². The van der Waals surface area contributed by atoms with E-state index in [1.807, 2.05) is 20.2 Å². The van der Waals surface area contributed by atoms with Crippen LogP contribution in [-0.2, 0) is 12.8 Å². The van der Waals surface area contributed by atoms with Crippen LogP contribution in [0.15, 0.2) is 30.3 Å². The molecule has 0 radical (unpaired) electrons. The van der Waals surface area contributed by atoms with Crippen molar-refractivity contribution in [2.75, 3.05) is 20.6 Å². The fraction of sp³-hybridized carbons (Fsp3) is 0.500. The minimum atomic E-state index is -0.136. The highest BCUT2D eigenvalue weighted by Gasteiger charge is 2.17. The van der Waals surface area contributed by atoms with Crippen LogP contribution in [0.4, 0.5) is 0 Å². The molecule has 0 saturated carbocycles. The number of aromatic amines is 1. The van der Waals surface area contributed by atoms with E-state index >= 15 is 0 Å². The number of carbonyl (C=O) groups is 1. The van der Waals surface area contributed by atoms with Gasteiger partial charge in [0, 0.05) is 12.2 Å². The number of nitrogens with one attached hydrogen (secondary N) is 2. The van der Waals surface area contributed by atoms with Crippen molar-refractivity contribution < 1.29 is 4.79 Å². The molecule has 1 atom stereocenters. The maximum Gasteiger partial charge on any atom is 0.271 e. The highest BCUT2D eigenvalue weighted by Crippen LogP contribution is 2.18. The van der Waals surface area contributed by atoms with Crippen molar-refractivity contribution in [2.45, 2.75) is 39.7 Å². The molecule has 2 N–H and O–H groups in total. The van der Waals surface area contributed by atoms with Crippen molar-refractivity contribution in [2.24, 2.45) is 5.92 Å². The molecular formula is C20H30N4O. The van der Waals surface area contributed by atoms with Gasteiger partial charge in [-0.3, -0.25) is 9.89 Å². The molecular weight excluding hydrogens is 312 g/mol. The minimum absolute atomic E-state index is 0.129. The van der Waals surface area contributed by atoms with E-state index in [1.165, 1.54) is 11.1 Å². The summed E-state index contributed by atoms with van der Waals surface area (Å²) in [5.74, 6) is 0.392. The Morgan fingerprint density at radius 2 is 1.92 bits per heavy atom. The SMILES string of the molecule is CCc1ccc(C(CNC(=O)c2cc(CC(C)C)[nH]n2)N(C)C)cc1. The third kappa shape index (κ3) is 5.43. The van der Waals surface area contributed by atoms with E-state index in [1.54, 1.807) is 0 Å². The molecule has 5 heteroatoms. The van der Waals surface area contributed by atoms with Crippen molar-refractivity contribution in [3.8, 4) is 0 Å². The van der Waals surface area contributed by atoms with Crippen molar-refractivity contribution in [3.05, 3.63) is 52.8 Å². The molecule has 1 amide bonds. The van der Waals surface area contributed by atoms with Crippen LogP contribution in [0.25, 0.3) is 0 Å². The molecule has 136 valence electrons. The van der Waals surface area contributed by atoms with Crippen LogP contribution in [0.3, 0.4) is 0 Å². The number of amides is 1. The molecule has 2 aromatic rings. The fourth-order valence-electron chi connectivity index (χ4n) is 2.88. The van der Waals surface area contributed by atoms with E-state index in [9.17, 15) is 4.79 Å². The number of aromatic nitrogens is 2. The summed E-state index contributed by atoms with van der Waals surface area (Å²) >= 11 is 0. The molecule has 0 aliphatic heterocycles. The maximum absolute atomic E-state index is 12.4. The average Bonchev–Trinajstić information content (AvgIpc) is 3.03. The van der Waals surface area contributed by atoms with E-state index < -0.39 is 0 Å². The summed E-state index contributed by atoms with van der Waals surface area (Å²) in [5, 5.41) is 10.1. The second-order valence-corrected chi connectivity index (χ2v) is 7.16. The number of aryl methyl sites for hydroxylation is 1. The molecule has 5 nitrogen and oxygen atoms in total. The first-order valence-electron chi connectivity index (χ1n) is 8.98. The van der Waals surface area contributed by atoms with Gasteiger partial charge in [0.25, 0.3) is 5.91 Å². The molecule has 1 aromatic heterocycles. The average molecular weight is 342 g/mol. The number of hydrogen-bond donors (Lipinski definition) is 2. The van der Waals surface area contributed by atoms with Gasteiger partial charge in [0.15, 0.2) is 0 Å². The van der Waals surface area contributed by atoms with Crippen LogP contribution in [0.5, 0.6) is 0 Å². The molecule has 2 rings (SSSR count). The van der Waals surface area contributed by atoms with E-state index in [0.717, 1.165) is 18.5 Å². The molecule has 0 spiro atoms. The maximum atomic E-state index is 12.4. The molecule has 0 bridgehead atoms. The van der Waals surface area contributed by atoms with Gasteiger partial charge < -0.3 is 10.2 Å². The Kier molecular flexibility index (Phi) is 6.76. The quantitative estimate of drug-likeness (QED) is 0.774. The zero-order chi connectivity index (χ0) is 18.4. The third-order valence-electron chi connectivity index (χ3n) is 4.34. The molecule has 0 aliphatic rings. The Bertz CT molecular complexity index is 673. The van der Waals surface area contributed by atoms with Gasteiger partial charge >= 0.3 is 0 Å². The first kappa shape index (κ1) is 19.2. The summed E-state index contributed by atoms with van der Waals surface area (Å²) in [5.41, 5.74) is 3.97. The highest BCUT2D eigenvalue weighted by atomic mass is 16.1. The lowest BCUT2D eigenvalue weighted by Crippen LogP contribution is -2.34. The highest BCUT2D eigenvalue weighted by molar-refractivity contribution is 5.92. The lowest BCUT2D eigenvalue weighted by Gasteiger charge is -2.25. The van der Waals surface area contributed by atoms with Crippen molar-refractivity contribution >= 4 is 5.91 Å². The topological polar surface area (TPSA) is 61.0 Å². The molecule has 1 heterocycles. The van der Waals surface area contributed by atoms with Gasteiger partial charge in [-0.05, 0) is 50.0 Å². The van der Waals surface area contributed by atoms with E-state index in [0.29, 0.717) is 18.2 Å². The third-order valence-corrected chi connectivity index (χ3v) is 4.34. The summed E-state index contributed by atoms with van der Waals surface area (Å²) < 4.78 is 0. The van der Waals surface area contributed by atoms with Gasteiger partial charge in [-0.15, -0.1) is 0 Å². The smallest absolute Gasteiger partial charge is 0.271 e. The Balaban J connectivity index is 2.00. The van der Waals surface area contributed by atoms with Gasteiger partial charge in [0.2, 0.25) is 0 Å². The monoisotopic (exact) mass is 342 g/mol. The number of hydrogen-bond acceptors (Lipinski definition) is 3. The fourth-order valence-corrected chi connectivity index (χ4v) is 2.88. The lowest BCUT2D eigenvalue weighted by molar-refractivity contribution is 0.0937. The number of likely N-dealkylation sites (N-methyl/N-ethyl adjacent to an activating group) is 1. The molecule has 25 heavy (non-hydrogen) atoms. The predicted octanol–water partition coefficient (Wildman–Crippen LogP) is 3.20. The van der Waals surface area contributed by atoms with Crippen molar-refractivity contribution in [1.82, 2.24) is 20.4 Å². The first-order chi connectivity index (χ1) is 11.9. The van der Waals surface area contributed by atoms with Gasteiger partial charge in [-0.1, -0.05) is 45.0 Å². The minimum Gasteiger partial charge on any atom is -0.349 e. The zero-order valence-electron chi connectivity index (χ0n) is 16.0. The summed E-state index contributed by atoms with van der Waals surface area (Å²) in [7, 11) is 4.06. The normalized spacial score (nSPS) is 12.6. The number of H-pyrrole nitrogens is 1. The van der Waals surface area contributed by atoms with Gasteiger partial charge in [-0.25, -0.2) is 0 Å². The standard InChI is InChI=1S/C20H30N4O/c1-6-15-7-9-16(10-8-15)19(24(4)5)13-21-20(25)18-12-17(22-23-18)11-14(2)3/h7-10,12,14,19H,6,11,13H2,1-5H3,(H,21,25)(H,22,23). The van der Waals surface area contributed by atoms with Crippen molar-refractivity contribution in [3.63, 3.8) is 0 Å². The van der Waals surface area contributed by atoms with Crippen molar-refractivity contribution in [1.29, 1.82) is 0 Å². The summed E-state index contributed by atoms with van der Waals surface area (Å²) in [6.07, 6.45) is 1.92. The molecule has 0 aliphatic carbocycles. The Morgan fingerprint density at radius 1 is 1.24 bits per heavy atom. The number of benzene rings is 1. The first-order valence-corrected chi connectivity index (χ1v) is 8.98. The van der Waals surface area contributed by atoms with Gasteiger partial charge in [0.05, 0.1) is 6.04 Å². The Morgan fingerprint density at radius 3 is 2.48 bits per heavy atom. The largest absolute Gasteiger partial charge is 0.349 e. The second-order valence-electron chi connectivity index (χ2n) is 7.16. The number of nitrogens with zero attached hydrogens (tertiary/aromatic N) is 2. The number of rotatable bonds is 8. The Labute approximate surface area is 150 Å².